The summed E-state index contributed by atoms with van der Waals surface area (Å²) < 4.78 is 5.38. The summed E-state index contributed by atoms with van der Waals surface area (Å²) in [5, 5.41) is 19.6. The molecule has 0 aliphatic carbocycles. The highest BCUT2D eigenvalue weighted by Crippen LogP contribution is 2.56. The lowest BCUT2D eigenvalue weighted by molar-refractivity contribution is -0.122. The number of benzene rings is 2. The highest BCUT2D eigenvalue weighted by Gasteiger charge is 2.66. The number of carbonyl (C=O) groups is 3. The predicted molar refractivity (Wildman–Crippen MR) is 157 cm³/mol. The first-order valence-electron chi connectivity index (χ1n) is 13.1. The minimum atomic E-state index is -1.27. The zero-order valence-corrected chi connectivity index (χ0v) is 24.4. The Morgan fingerprint density at radius 1 is 1.12 bits per heavy atom. The fraction of sp³-hybridized carbons (Fsp3) is 0.333. The molecule has 3 aromatic rings. The molecule has 214 valence electrons. The summed E-state index contributed by atoms with van der Waals surface area (Å²) in [5.74, 6) is -2.36. The second kappa shape index (κ2) is 10.6. The van der Waals surface area contributed by atoms with E-state index in [4.69, 9.17) is 27.9 Å². The number of nitrogens with one attached hydrogen (secondary N) is 3. The van der Waals surface area contributed by atoms with E-state index in [1.165, 1.54) is 31.5 Å². The summed E-state index contributed by atoms with van der Waals surface area (Å²) in [7, 11) is 1.39. The van der Waals surface area contributed by atoms with E-state index in [1.54, 1.807) is 24.3 Å². The number of ether oxygens (including phenoxy) is 1. The number of methoxy groups -OCH3 is 1. The number of fused-ring (bicyclic) bond motifs is 2. The second-order valence-electron chi connectivity index (χ2n) is 11.6. The van der Waals surface area contributed by atoms with Crippen LogP contribution in [0, 0.1) is 5.41 Å². The number of hydrogen-bond donors (Lipinski definition) is 4. The largest absolute Gasteiger partial charge is 0.495 e. The van der Waals surface area contributed by atoms with E-state index in [0.29, 0.717) is 39.1 Å². The van der Waals surface area contributed by atoms with Crippen molar-refractivity contribution in [3.63, 3.8) is 0 Å². The molecule has 1 aromatic heterocycles. The van der Waals surface area contributed by atoms with E-state index in [9.17, 15) is 19.5 Å². The predicted octanol–water partition coefficient (Wildman–Crippen LogP) is 5.48. The number of rotatable bonds is 6. The molecule has 0 radical (unpaired) electrons. The van der Waals surface area contributed by atoms with Crippen LogP contribution in [0.15, 0.2) is 54.7 Å². The number of amides is 2. The van der Waals surface area contributed by atoms with Crippen molar-refractivity contribution in [2.75, 3.05) is 17.7 Å². The normalized spacial score (nSPS) is 23.3. The highest BCUT2D eigenvalue weighted by molar-refractivity contribution is 6.31. The number of nitrogens with zero attached hydrogens (tertiary/aromatic N) is 1. The van der Waals surface area contributed by atoms with Gasteiger partial charge in [0, 0.05) is 23.2 Å². The average molecular weight is 597 g/mol. The molecule has 2 aliphatic heterocycles. The van der Waals surface area contributed by atoms with Gasteiger partial charge in [-0.25, -0.2) is 4.79 Å². The van der Waals surface area contributed by atoms with Crippen LogP contribution in [0.5, 0.6) is 5.75 Å². The number of aromatic carboxylic acids is 1. The lowest BCUT2D eigenvalue weighted by Gasteiger charge is -2.36. The molecule has 0 saturated carbocycles. The maximum atomic E-state index is 14.2. The highest BCUT2D eigenvalue weighted by atomic mass is 35.5. The average Bonchev–Trinajstić information content (AvgIpc) is 3.37. The van der Waals surface area contributed by atoms with Gasteiger partial charge in [0.05, 0.1) is 40.8 Å². The van der Waals surface area contributed by atoms with E-state index >= 15 is 0 Å². The quantitative estimate of drug-likeness (QED) is 0.296. The zero-order chi connectivity index (χ0) is 29.7. The van der Waals surface area contributed by atoms with Crippen molar-refractivity contribution in [1.29, 1.82) is 0 Å². The maximum Gasteiger partial charge on any atom is 0.335 e. The number of halogens is 2. The Labute approximate surface area is 247 Å². The molecule has 0 unspecified atom stereocenters. The van der Waals surface area contributed by atoms with E-state index in [0.717, 1.165) is 0 Å². The number of anilines is 2. The Morgan fingerprint density at radius 3 is 2.54 bits per heavy atom. The summed E-state index contributed by atoms with van der Waals surface area (Å²) >= 11 is 12.7. The van der Waals surface area contributed by atoms with Crippen LogP contribution in [0.1, 0.15) is 54.7 Å². The molecule has 11 heteroatoms. The summed E-state index contributed by atoms with van der Waals surface area (Å²) in [6.45, 7) is 6.21. The lowest BCUT2D eigenvalue weighted by atomic mass is 9.64. The first-order valence-corrected chi connectivity index (χ1v) is 13.8. The summed E-state index contributed by atoms with van der Waals surface area (Å²) in [4.78, 5) is 44.5. The summed E-state index contributed by atoms with van der Waals surface area (Å²) in [6, 6.07) is 11.6. The minimum Gasteiger partial charge on any atom is -0.495 e. The van der Waals surface area contributed by atoms with Crippen molar-refractivity contribution in [2.24, 2.45) is 5.41 Å². The van der Waals surface area contributed by atoms with Crippen LogP contribution in [0.4, 0.5) is 11.4 Å². The molecule has 2 amide bonds. The fourth-order valence-electron chi connectivity index (χ4n) is 6.09. The van der Waals surface area contributed by atoms with Crippen LogP contribution in [-0.2, 0) is 15.0 Å². The Morgan fingerprint density at radius 2 is 1.88 bits per heavy atom. The standard InChI is InChI=1S/C30H30Cl2N4O5/c1-29(2,3)13-22-30(25-20(35-28(30)40)12-18(32)14-33-25)23(15-6-5-7-17(31)10-15)24(36-22)26(37)34-19-9-8-16(27(38)39)11-21(19)41-4/h5-12,14,22-24,36H,13H2,1-4H3,(H,34,37)(H,35,40)(H,38,39)/t22-,23-,24+,30+/m0/s1. The fourth-order valence-corrected chi connectivity index (χ4v) is 6.44. The maximum absolute atomic E-state index is 14.2. The monoisotopic (exact) mass is 596 g/mol. The van der Waals surface area contributed by atoms with Gasteiger partial charge in [-0.05, 0) is 53.8 Å². The molecule has 1 saturated heterocycles. The van der Waals surface area contributed by atoms with Crippen molar-refractivity contribution >= 4 is 52.4 Å². The molecular weight excluding hydrogens is 567 g/mol. The van der Waals surface area contributed by atoms with Crippen LogP contribution >= 0.6 is 23.2 Å². The molecule has 0 bridgehead atoms. The van der Waals surface area contributed by atoms with Crippen molar-refractivity contribution in [2.45, 2.75) is 50.6 Å². The van der Waals surface area contributed by atoms with Gasteiger partial charge in [-0.3, -0.25) is 14.6 Å². The number of carboxylic acids is 1. The molecule has 5 rings (SSSR count). The molecule has 9 nitrogen and oxygen atoms in total. The Kier molecular flexibility index (Phi) is 7.48. The number of aromatic nitrogens is 1. The third-order valence-corrected chi connectivity index (χ3v) is 8.08. The number of carbonyl (C=O) groups excluding carboxylic acids is 2. The van der Waals surface area contributed by atoms with E-state index in [1.807, 2.05) is 6.07 Å². The van der Waals surface area contributed by atoms with E-state index in [-0.39, 0.29) is 22.6 Å². The number of pyridine rings is 1. The van der Waals surface area contributed by atoms with Gasteiger partial charge in [0.1, 0.15) is 11.2 Å². The van der Waals surface area contributed by atoms with Crippen LogP contribution < -0.4 is 20.7 Å². The van der Waals surface area contributed by atoms with Crippen LogP contribution in [0.2, 0.25) is 10.0 Å². The first-order chi connectivity index (χ1) is 19.3. The minimum absolute atomic E-state index is 0.0174. The first kappa shape index (κ1) is 28.9. The molecule has 1 spiro atoms. The van der Waals surface area contributed by atoms with Crippen molar-refractivity contribution in [3.8, 4) is 5.75 Å². The zero-order valence-electron chi connectivity index (χ0n) is 22.9. The van der Waals surface area contributed by atoms with E-state index < -0.39 is 35.3 Å². The van der Waals surface area contributed by atoms with Crippen molar-refractivity contribution in [3.05, 3.63) is 81.6 Å². The molecular formula is C30H30Cl2N4O5. The van der Waals surface area contributed by atoms with Crippen LogP contribution in [-0.4, -0.2) is 47.1 Å². The number of hydrogen-bond acceptors (Lipinski definition) is 6. The SMILES string of the molecule is COc1cc(C(=O)O)ccc1NC(=O)[C@@H]1N[C@@H](CC(C)(C)C)[C@@]2(C(=O)Nc3cc(Cl)cnc32)[C@H]1c1cccc(Cl)c1. The second-order valence-corrected chi connectivity index (χ2v) is 12.4. The lowest BCUT2D eigenvalue weighted by Crippen LogP contribution is -2.50. The van der Waals surface area contributed by atoms with E-state index in [2.05, 4.69) is 41.7 Å². The molecule has 2 aliphatic rings. The Hall–Kier alpha value is -3.66. The molecule has 4 atom stereocenters. The van der Waals surface area contributed by atoms with Gasteiger partial charge < -0.3 is 25.8 Å². The molecule has 1 fully saturated rings. The topological polar surface area (TPSA) is 130 Å². The van der Waals surface area contributed by atoms with Crippen LogP contribution in [0.25, 0.3) is 0 Å². The van der Waals surface area contributed by atoms with Crippen molar-refractivity contribution in [1.82, 2.24) is 10.3 Å². The molecule has 4 N–H and O–H groups in total. The third kappa shape index (κ3) is 5.14. The molecule has 3 heterocycles. The van der Waals surface area contributed by atoms with Gasteiger partial charge in [-0.1, -0.05) is 56.1 Å². The van der Waals surface area contributed by atoms with Gasteiger partial charge in [0.2, 0.25) is 11.8 Å². The summed E-state index contributed by atoms with van der Waals surface area (Å²) in [5.41, 5.74) is 0.527. The Bertz CT molecular complexity index is 1560. The number of carboxylic acid groups (broad SMARTS) is 1. The summed E-state index contributed by atoms with van der Waals surface area (Å²) in [6.07, 6.45) is 2.05. The molecule has 41 heavy (non-hydrogen) atoms. The van der Waals surface area contributed by atoms with Gasteiger partial charge in [0.25, 0.3) is 0 Å². The van der Waals surface area contributed by atoms with Gasteiger partial charge >= 0.3 is 5.97 Å². The Balaban J connectivity index is 1.67. The van der Waals surface area contributed by atoms with Gasteiger partial charge in [-0.15, -0.1) is 0 Å². The molecule has 2 aromatic carbocycles. The van der Waals surface area contributed by atoms with Crippen LogP contribution in [0.3, 0.4) is 0 Å². The third-order valence-electron chi connectivity index (χ3n) is 7.64. The smallest absolute Gasteiger partial charge is 0.335 e. The van der Waals surface area contributed by atoms with Gasteiger partial charge in [-0.2, -0.15) is 0 Å². The van der Waals surface area contributed by atoms with Gasteiger partial charge in [0.15, 0.2) is 0 Å². The van der Waals surface area contributed by atoms with Crippen molar-refractivity contribution < 1.29 is 24.2 Å².